The summed E-state index contributed by atoms with van der Waals surface area (Å²) in [6.07, 6.45) is 53.5. The third-order valence-electron chi connectivity index (χ3n) is 11.0. The fourth-order valence-electron chi connectivity index (χ4n) is 7.28. The summed E-state index contributed by atoms with van der Waals surface area (Å²) >= 11 is 0. The summed E-state index contributed by atoms with van der Waals surface area (Å²) < 4.78 is 26.5. The molecule has 0 aliphatic heterocycles. The molecule has 0 aromatic rings. The highest BCUT2D eigenvalue weighted by Crippen LogP contribution is 2.36. The van der Waals surface area contributed by atoms with Crippen LogP contribution in [0.4, 0.5) is 0 Å². The first-order valence-electron chi connectivity index (χ1n) is 24.6. The number of hydrogen-bond donors (Lipinski definition) is 2. The first kappa shape index (κ1) is 56.5. The van der Waals surface area contributed by atoms with Gasteiger partial charge in [-0.1, -0.05) is 224 Å². The fourth-order valence-corrected chi connectivity index (χ4v) is 7.64. The van der Waals surface area contributed by atoms with Crippen LogP contribution in [0.15, 0.2) is 24.3 Å². The minimum Gasteiger partial charge on any atom is -0.462 e. The summed E-state index contributed by atoms with van der Waals surface area (Å²) in [6.45, 7) is 3.70. The number of carbonyl (C=O) groups excluding carboxylic acids is 2. The van der Waals surface area contributed by atoms with Crippen molar-refractivity contribution < 1.29 is 37.9 Å². The number of carbonyl (C=O) groups is 2. The van der Waals surface area contributed by atoms with Gasteiger partial charge in [-0.15, -0.1) is 0 Å². The van der Waals surface area contributed by atoms with Crippen molar-refractivity contribution in [3.8, 4) is 0 Å². The van der Waals surface area contributed by atoms with Crippen LogP contribution in [0.5, 0.6) is 0 Å². The zero-order valence-corrected chi connectivity index (χ0v) is 38.9. The molecule has 0 rings (SSSR count). The molecule has 8 nitrogen and oxygen atoms in total. The van der Waals surface area contributed by atoms with E-state index in [2.05, 4.69) is 42.7 Å². The molecule has 0 spiro atoms. The molecule has 0 aromatic heterocycles. The molecule has 0 saturated carbocycles. The van der Waals surface area contributed by atoms with Crippen LogP contribution in [-0.4, -0.2) is 41.0 Å². The lowest BCUT2D eigenvalue weighted by Crippen LogP contribution is -2.29. The maximum Gasteiger partial charge on any atom is 0.469 e. The van der Waals surface area contributed by atoms with Crippen molar-refractivity contribution in [2.24, 2.45) is 0 Å². The van der Waals surface area contributed by atoms with Gasteiger partial charge in [0.25, 0.3) is 0 Å². The van der Waals surface area contributed by atoms with E-state index in [1.54, 1.807) is 0 Å². The topological polar surface area (TPSA) is 119 Å². The Hall–Kier alpha value is -1.47. The molecule has 0 radical (unpaired) electrons. The van der Waals surface area contributed by atoms with Crippen LogP contribution in [0.2, 0.25) is 0 Å². The minimum atomic E-state index is -4.77. The number of ether oxygens (including phenoxy) is 2. The molecule has 0 aliphatic rings. The maximum absolute atomic E-state index is 12.4. The predicted molar refractivity (Wildman–Crippen MR) is 244 cm³/mol. The van der Waals surface area contributed by atoms with E-state index in [1.165, 1.54) is 180 Å². The summed E-state index contributed by atoms with van der Waals surface area (Å²) in [6, 6.07) is 0. The van der Waals surface area contributed by atoms with Crippen LogP contribution in [0, 0.1) is 0 Å². The highest BCUT2D eigenvalue weighted by molar-refractivity contribution is 7.46. The fraction of sp³-hybridized carbons (Fsp3) is 0.878. The number of phosphoric ester groups is 1. The van der Waals surface area contributed by atoms with E-state index in [0.29, 0.717) is 6.42 Å². The number of rotatable bonds is 46. The van der Waals surface area contributed by atoms with E-state index in [-0.39, 0.29) is 19.4 Å². The van der Waals surface area contributed by atoms with Gasteiger partial charge >= 0.3 is 19.8 Å². The van der Waals surface area contributed by atoms with Crippen molar-refractivity contribution >= 4 is 19.8 Å². The van der Waals surface area contributed by atoms with Crippen LogP contribution in [0.3, 0.4) is 0 Å². The molecule has 0 unspecified atom stereocenters. The van der Waals surface area contributed by atoms with E-state index in [0.717, 1.165) is 44.9 Å². The second-order valence-corrected chi connectivity index (χ2v) is 18.0. The van der Waals surface area contributed by atoms with E-state index in [4.69, 9.17) is 19.3 Å². The van der Waals surface area contributed by atoms with Gasteiger partial charge in [0, 0.05) is 12.8 Å². The number of esters is 2. The molecule has 0 heterocycles. The summed E-state index contributed by atoms with van der Waals surface area (Å²) in [4.78, 5) is 43.0. The second-order valence-electron chi connectivity index (χ2n) is 16.8. The van der Waals surface area contributed by atoms with Crippen molar-refractivity contribution in [1.29, 1.82) is 0 Å². The SMILES string of the molecule is CCCCCCCCCCCCCCCC/C=C/CC/C=C/CCCC(=O)O[C@H](COC(=O)CCCCCCCCCCCCCCCCCCC)COP(=O)(O)O. The van der Waals surface area contributed by atoms with Gasteiger partial charge < -0.3 is 19.3 Å². The highest BCUT2D eigenvalue weighted by atomic mass is 31.2. The van der Waals surface area contributed by atoms with Crippen molar-refractivity contribution in [1.82, 2.24) is 0 Å². The largest absolute Gasteiger partial charge is 0.469 e. The van der Waals surface area contributed by atoms with E-state index in [9.17, 15) is 14.2 Å². The number of phosphoric acid groups is 1. The lowest BCUT2D eigenvalue weighted by Gasteiger charge is -2.18. The molecule has 1 atom stereocenters. The third-order valence-corrected chi connectivity index (χ3v) is 11.4. The molecule has 0 fully saturated rings. The summed E-state index contributed by atoms with van der Waals surface area (Å²) in [5.74, 6) is -0.920. The average molecular weight is 841 g/mol. The van der Waals surface area contributed by atoms with Crippen molar-refractivity contribution in [2.45, 2.75) is 264 Å². The Labute approximate surface area is 358 Å². The standard InChI is InChI=1S/C49H93O8P/c1-3-5-7-9-11-13-15-17-19-21-22-23-24-25-26-28-30-32-34-36-38-40-42-44-49(51)57-47(46-56-58(52,53)54)45-55-48(50)43-41-39-37-35-33-31-29-27-20-18-16-14-12-10-8-6-4-2/h28,30,36,38,47H,3-27,29,31-35,37,39-46H2,1-2H3,(H2,52,53,54)/b30-28+,38-36+/t47-/m1/s1. The van der Waals surface area contributed by atoms with Crippen LogP contribution in [0.1, 0.15) is 258 Å². The maximum atomic E-state index is 12.4. The highest BCUT2D eigenvalue weighted by Gasteiger charge is 2.22. The van der Waals surface area contributed by atoms with Gasteiger partial charge in [-0.05, 0) is 44.9 Å². The smallest absolute Gasteiger partial charge is 0.462 e. The van der Waals surface area contributed by atoms with Gasteiger partial charge in [0.05, 0.1) is 6.61 Å². The van der Waals surface area contributed by atoms with E-state index in [1.807, 2.05) is 0 Å². The van der Waals surface area contributed by atoms with E-state index < -0.39 is 32.5 Å². The number of hydrogen-bond acceptors (Lipinski definition) is 6. The monoisotopic (exact) mass is 841 g/mol. The summed E-state index contributed by atoms with van der Waals surface area (Å²) in [5, 5.41) is 0. The van der Waals surface area contributed by atoms with Gasteiger partial charge in [-0.25, -0.2) is 4.57 Å². The molecule has 9 heteroatoms. The molecule has 58 heavy (non-hydrogen) atoms. The Morgan fingerprint density at radius 2 is 0.759 bits per heavy atom. The van der Waals surface area contributed by atoms with Gasteiger partial charge in [0.2, 0.25) is 0 Å². The van der Waals surface area contributed by atoms with E-state index >= 15 is 0 Å². The summed E-state index contributed by atoms with van der Waals surface area (Å²) in [7, 11) is -4.77. The molecule has 0 saturated heterocycles. The molecule has 0 aliphatic carbocycles. The first-order chi connectivity index (χ1) is 28.3. The van der Waals surface area contributed by atoms with Crippen LogP contribution >= 0.6 is 7.82 Å². The Bertz CT molecular complexity index is 993. The van der Waals surface area contributed by atoms with Gasteiger partial charge in [-0.2, -0.15) is 0 Å². The van der Waals surface area contributed by atoms with Crippen molar-refractivity contribution in [2.75, 3.05) is 13.2 Å². The Morgan fingerprint density at radius 1 is 0.431 bits per heavy atom. The lowest BCUT2D eigenvalue weighted by molar-refractivity contribution is -0.161. The van der Waals surface area contributed by atoms with Gasteiger partial charge in [0.1, 0.15) is 6.61 Å². The average Bonchev–Trinajstić information content (AvgIpc) is 3.20. The molecular weight excluding hydrogens is 748 g/mol. The molecule has 0 bridgehead atoms. The zero-order valence-electron chi connectivity index (χ0n) is 38.0. The number of unbranched alkanes of at least 4 members (excludes halogenated alkanes) is 32. The van der Waals surface area contributed by atoms with Crippen LogP contribution in [-0.2, 0) is 28.2 Å². The molecule has 0 amide bonds. The quantitative estimate of drug-likeness (QED) is 0.0269. The van der Waals surface area contributed by atoms with Crippen LogP contribution in [0.25, 0.3) is 0 Å². The van der Waals surface area contributed by atoms with Crippen LogP contribution < -0.4 is 0 Å². The third kappa shape index (κ3) is 47.2. The first-order valence-corrected chi connectivity index (χ1v) is 26.2. The second kappa shape index (κ2) is 45.1. The lowest BCUT2D eigenvalue weighted by atomic mass is 10.0. The molecule has 2 N–H and O–H groups in total. The molecular formula is C49H93O8P. The normalized spacial score (nSPS) is 12.6. The summed E-state index contributed by atoms with van der Waals surface area (Å²) in [5.41, 5.74) is 0. The predicted octanol–water partition coefficient (Wildman–Crippen LogP) is 15.5. The Morgan fingerprint density at radius 3 is 1.16 bits per heavy atom. The molecule has 0 aromatic carbocycles. The molecule has 342 valence electrons. The van der Waals surface area contributed by atoms with Crippen molar-refractivity contribution in [3.63, 3.8) is 0 Å². The minimum absolute atomic E-state index is 0.156. The number of allylic oxidation sites excluding steroid dienone is 4. The zero-order chi connectivity index (χ0) is 42.5. The van der Waals surface area contributed by atoms with Crippen molar-refractivity contribution in [3.05, 3.63) is 24.3 Å². The van der Waals surface area contributed by atoms with Gasteiger partial charge in [-0.3, -0.25) is 14.1 Å². The Balaban J connectivity index is 3.86. The Kier molecular flexibility index (Phi) is 43.9. The van der Waals surface area contributed by atoms with Gasteiger partial charge in [0.15, 0.2) is 6.10 Å².